The third-order valence-corrected chi connectivity index (χ3v) is 8.00. The third kappa shape index (κ3) is 3.30. The topological polar surface area (TPSA) is 51.2 Å². The fourth-order valence-electron chi connectivity index (χ4n) is 3.22. The minimum atomic E-state index is -3.24. The summed E-state index contributed by atoms with van der Waals surface area (Å²) in [4.78, 5) is 14.8. The number of fused-ring (bicyclic) bond motifs is 1. The fraction of sp³-hybridized carbons (Fsp3) is 0.706. The molecule has 0 atom stereocenters. The summed E-state index contributed by atoms with van der Waals surface area (Å²) in [6.45, 7) is 2.01. The molecule has 1 saturated carbocycles. The van der Waals surface area contributed by atoms with Crippen LogP contribution in [0.1, 0.15) is 60.8 Å². The lowest BCUT2D eigenvalue weighted by Gasteiger charge is -2.13. The summed E-state index contributed by atoms with van der Waals surface area (Å²) in [5, 5.41) is 0. The lowest BCUT2D eigenvalue weighted by molar-refractivity contribution is -0.119. The Kier molecular flexibility index (Phi) is 4.74. The Hall–Kier alpha value is -0.680. The van der Waals surface area contributed by atoms with Gasteiger partial charge in [0, 0.05) is 22.1 Å². The maximum atomic E-state index is 12.8. The van der Waals surface area contributed by atoms with Crippen molar-refractivity contribution in [3.63, 3.8) is 0 Å². The molecule has 0 radical (unpaired) electrons. The number of aryl methyl sites for hydroxylation is 1. The molecule has 0 unspecified atom stereocenters. The fourth-order valence-corrected chi connectivity index (χ4v) is 6.98. The van der Waals surface area contributed by atoms with Crippen molar-refractivity contribution in [1.29, 1.82) is 0 Å². The standard InChI is InChI=1S/C17H24O3S2/c1-2-3-10-22(19,20)17-13-6-4-5-7-15(13)21-16(17)11-14(18)12-8-9-12/h12H,2-11H2,1H3. The normalized spacial score (nSPS) is 18.2. The molecule has 22 heavy (non-hydrogen) atoms. The van der Waals surface area contributed by atoms with E-state index in [9.17, 15) is 13.2 Å². The number of hydrogen-bond acceptors (Lipinski definition) is 4. The van der Waals surface area contributed by atoms with E-state index >= 15 is 0 Å². The van der Waals surface area contributed by atoms with E-state index in [4.69, 9.17) is 0 Å². The van der Waals surface area contributed by atoms with Gasteiger partial charge >= 0.3 is 0 Å². The molecule has 122 valence electrons. The molecule has 3 nitrogen and oxygen atoms in total. The summed E-state index contributed by atoms with van der Waals surface area (Å²) in [6.07, 6.45) is 7.93. The molecule has 1 heterocycles. The van der Waals surface area contributed by atoms with Crippen molar-refractivity contribution in [2.75, 3.05) is 5.75 Å². The Bertz CT molecular complexity index is 666. The van der Waals surface area contributed by atoms with E-state index < -0.39 is 9.84 Å². The molecule has 0 bridgehead atoms. The maximum absolute atomic E-state index is 12.8. The van der Waals surface area contributed by atoms with Gasteiger partial charge in [-0.2, -0.15) is 0 Å². The van der Waals surface area contributed by atoms with Gasteiger partial charge in [0.25, 0.3) is 0 Å². The minimum absolute atomic E-state index is 0.199. The van der Waals surface area contributed by atoms with E-state index in [1.54, 1.807) is 11.3 Å². The highest BCUT2D eigenvalue weighted by molar-refractivity contribution is 7.91. The smallest absolute Gasteiger partial charge is 0.179 e. The zero-order chi connectivity index (χ0) is 15.7. The Balaban J connectivity index is 1.97. The molecular weight excluding hydrogens is 316 g/mol. The molecule has 5 heteroatoms. The predicted octanol–water partition coefficient (Wildman–Crippen LogP) is 3.72. The molecule has 0 N–H and O–H groups in total. The molecule has 2 aliphatic rings. The molecule has 0 spiro atoms. The molecule has 0 aromatic carbocycles. The van der Waals surface area contributed by atoms with Crippen LogP contribution in [0.4, 0.5) is 0 Å². The van der Waals surface area contributed by atoms with Gasteiger partial charge in [-0.05, 0) is 50.5 Å². The van der Waals surface area contributed by atoms with Gasteiger partial charge in [0.05, 0.1) is 10.6 Å². The second-order valence-corrected chi connectivity index (χ2v) is 9.79. The lowest BCUT2D eigenvalue weighted by atomic mass is 9.98. The average Bonchev–Trinajstić information content (AvgIpc) is 3.26. The van der Waals surface area contributed by atoms with Crippen molar-refractivity contribution in [3.8, 4) is 0 Å². The maximum Gasteiger partial charge on any atom is 0.179 e. The first-order chi connectivity index (χ1) is 10.5. The van der Waals surface area contributed by atoms with E-state index in [1.165, 1.54) is 4.88 Å². The molecule has 2 aliphatic carbocycles. The first kappa shape index (κ1) is 16.2. The zero-order valence-electron chi connectivity index (χ0n) is 13.2. The quantitative estimate of drug-likeness (QED) is 0.760. The van der Waals surface area contributed by atoms with Crippen molar-refractivity contribution >= 4 is 27.0 Å². The summed E-state index contributed by atoms with van der Waals surface area (Å²) in [7, 11) is -3.24. The van der Waals surface area contributed by atoms with E-state index in [0.29, 0.717) is 17.7 Å². The highest BCUT2D eigenvalue weighted by Gasteiger charge is 2.34. The Morgan fingerprint density at radius 1 is 1.23 bits per heavy atom. The second kappa shape index (κ2) is 6.44. The largest absolute Gasteiger partial charge is 0.299 e. The van der Waals surface area contributed by atoms with Gasteiger partial charge < -0.3 is 0 Å². The summed E-state index contributed by atoms with van der Waals surface area (Å²) in [6, 6.07) is 0. The van der Waals surface area contributed by atoms with E-state index in [1.807, 2.05) is 6.92 Å². The molecular formula is C17H24O3S2. The van der Waals surface area contributed by atoms with Crippen LogP contribution < -0.4 is 0 Å². The van der Waals surface area contributed by atoms with Crippen molar-refractivity contribution in [1.82, 2.24) is 0 Å². The van der Waals surface area contributed by atoms with Crippen LogP contribution in [0.5, 0.6) is 0 Å². The van der Waals surface area contributed by atoms with E-state index in [0.717, 1.165) is 55.4 Å². The zero-order valence-corrected chi connectivity index (χ0v) is 14.8. The average molecular weight is 341 g/mol. The lowest BCUT2D eigenvalue weighted by Crippen LogP contribution is -2.14. The van der Waals surface area contributed by atoms with Crippen LogP contribution in [0.25, 0.3) is 0 Å². The van der Waals surface area contributed by atoms with Crippen LogP contribution in [0.15, 0.2) is 4.90 Å². The minimum Gasteiger partial charge on any atom is -0.299 e. The van der Waals surface area contributed by atoms with Gasteiger partial charge in [-0.25, -0.2) is 8.42 Å². The molecule has 1 fully saturated rings. The van der Waals surface area contributed by atoms with Gasteiger partial charge in [0.2, 0.25) is 0 Å². The number of ketones is 1. The van der Waals surface area contributed by atoms with Gasteiger partial charge in [-0.1, -0.05) is 13.3 Å². The Labute approximate surface area is 137 Å². The Morgan fingerprint density at radius 3 is 2.64 bits per heavy atom. The van der Waals surface area contributed by atoms with Crippen molar-refractivity contribution in [3.05, 3.63) is 15.3 Å². The van der Waals surface area contributed by atoms with Crippen LogP contribution in [-0.2, 0) is 33.9 Å². The molecule has 3 rings (SSSR count). The SMILES string of the molecule is CCCCS(=O)(=O)c1c(CC(=O)C2CC2)sc2c1CCCC2. The number of sulfone groups is 1. The number of Topliss-reactive ketones (excluding diaryl/α,β-unsaturated/α-hetero) is 1. The van der Waals surface area contributed by atoms with Gasteiger partial charge in [0.1, 0.15) is 5.78 Å². The van der Waals surface area contributed by atoms with Crippen LogP contribution >= 0.6 is 11.3 Å². The van der Waals surface area contributed by atoms with Crippen molar-refractivity contribution < 1.29 is 13.2 Å². The molecule has 1 aromatic rings. The number of carbonyl (C=O) groups excluding carboxylic acids is 1. The molecule has 0 aliphatic heterocycles. The van der Waals surface area contributed by atoms with Crippen LogP contribution in [0.2, 0.25) is 0 Å². The van der Waals surface area contributed by atoms with Crippen molar-refractivity contribution in [2.24, 2.45) is 5.92 Å². The Morgan fingerprint density at radius 2 is 1.95 bits per heavy atom. The summed E-state index contributed by atoms with van der Waals surface area (Å²) in [5.74, 6) is 0.660. The van der Waals surface area contributed by atoms with Gasteiger partial charge in [-0.3, -0.25) is 4.79 Å². The van der Waals surface area contributed by atoms with E-state index in [-0.39, 0.29) is 17.5 Å². The third-order valence-electron chi connectivity index (χ3n) is 4.64. The highest BCUT2D eigenvalue weighted by atomic mass is 32.2. The summed E-state index contributed by atoms with van der Waals surface area (Å²) in [5.41, 5.74) is 1.05. The predicted molar refractivity (Wildman–Crippen MR) is 89.4 cm³/mol. The highest BCUT2D eigenvalue weighted by Crippen LogP contribution is 2.40. The molecule has 0 amide bonds. The van der Waals surface area contributed by atoms with Crippen LogP contribution in [0, 0.1) is 5.92 Å². The van der Waals surface area contributed by atoms with Gasteiger partial charge in [-0.15, -0.1) is 11.3 Å². The number of unbranched alkanes of at least 4 members (excludes halogenated alkanes) is 1. The first-order valence-electron chi connectivity index (χ1n) is 8.41. The number of thiophene rings is 1. The molecule has 0 saturated heterocycles. The summed E-state index contributed by atoms with van der Waals surface area (Å²) >= 11 is 1.60. The van der Waals surface area contributed by atoms with Crippen molar-refractivity contribution in [2.45, 2.75) is 69.6 Å². The number of hydrogen-bond donors (Lipinski definition) is 0. The summed E-state index contributed by atoms with van der Waals surface area (Å²) < 4.78 is 25.6. The first-order valence-corrected chi connectivity index (χ1v) is 10.9. The number of carbonyl (C=O) groups is 1. The molecule has 1 aromatic heterocycles. The second-order valence-electron chi connectivity index (χ2n) is 6.55. The van der Waals surface area contributed by atoms with E-state index in [2.05, 4.69) is 0 Å². The van der Waals surface area contributed by atoms with Gasteiger partial charge in [0.15, 0.2) is 9.84 Å². The monoisotopic (exact) mass is 340 g/mol. The van der Waals surface area contributed by atoms with Crippen LogP contribution in [-0.4, -0.2) is 20.0 Å². The number of rotatable bonds is 7. The van der Waals surface area contributed by atoms with Crippen LogP contribution in [0.3, 0.4) is 0 Å².